The number of nitrogens with one attached hydrogen (secondary N) is 1. The molecule has 2 amide bonds. The van der Waals surface area contributed by atoms with E-state index in [0.717, 1.165) is 37.0 Å². The third kappa shape index (κ3) is 2.93. The molecule has 4 aliphatic carbocycles. The van der Waals surface area contributed by atoms with E-state index in [2.05, 4.69) is 25.2 Å². The van der Waals surface area contributed by atoms with Gasteiger partial charge in [-0.25, -0.2) is 0 Å². The third-order valence-electron chi connectivity index (χ3n) is 9.50. The van der Waals surface area contributed by atoms with Crippen molar-refractivity contribution in [2.24, 2.45) is 28.6 Å². The van der Waals surface area contributed by atoms with Crippen LogP contribution in [-0.4, -0.2) is 35.8 Å². The van der Waals surface area contributed by atoms with Crippen LogP contribution in [0.15, 0.2) is 11.6 Å². The average Bonchev–Trinajstić information content (AvgIpc) is 2.96. The molecule has 4 rings (SSSR count). The molecule has 0 bridgehead atoms. The van der Waals surface area contributed by atoms with Crippen LogP contribution in [0.1, 0.15) is 79.1 Å². The van der Waals surface area contributed by atoms with Crippen molar-refractivity contribution in [3.8, 4) is 0 Å². The van der Waals surface area contributed by atoms with E-state index in [-0.39, 0.29) is 17.2 Å². The van der Waals surface area contributed by atoms with Crippen LogP contribution < -0.4 is 5.32 Å². The summed E-state index contributed by atoms with van der Waals surface area (Å²) in [5.41, 5.74) is 2.20. The summed E-state index contributed by atoms with van der Waals surface area (Å²) >= 11 is 0. The Hall–Kier alpha value is -1.32. The van der Waals surface area contributed by atoms with Gasteiger partial charge in [-0.2, -0.15) is 0 Å². The molecule has 0 aliphatic heterocycles. The van der Waals surface area contributed by atoms with Gasteiger partial charge in [-0.1, -0.05) is 25.5 Å². The summed E-state index contributed by atoms with van der Waals surface area (Å²) in [5.74, 6) is 2.57. The summed E-state index contributed by atoms with van der Waals surface area (Å²) in [5, 5.41) is 3.28. The highest BCUT2D eigenvalue weighted by Crippen LogP contribution is 2.64. The van der Waals surface area contributed by atoms with Crippen LogP contribution in [0.3, 0.4) is 0 Å². The summed E-state index contributed by atoms with van der Waals surface area (Å²) in [6.45, 7) is 8.31. The minimum atomic E-state index is 0.125. The van der Waals surface area contributed by atoms with E-state index < -0.39 is 0 Å². The number of hydrogen-bond acceptors (Lipinski definition) is 2. The second kappa shape index (κ2) is 6.88. The lowest BCUT2D eigenvalue weighted by molar-refractivity contribution is -0.130. The summed E-state index contributed by atoms with van der Waals surface area (Å²) in [6.07, 6.45) is 12.1. The van der Waals surface area contributed by atoms with Gasteiger partial charge in [0.25, 0.3) is 0 Å². The molecule has 0 heterocycles. The fourth-order valence-corrected chi connectivity index (χ4v) is 7.71. The zero-order chi connectivity index (χ0) is 20.3. The van der Waals surface area contributed by atoms with Crippen molar-refractivity contribution in [3.63, 3.8) is 0 Å². The van der Waals surface area contributed by atoms with Gasteiger partial charge in [0.2, 0.25) is 11.8 Å². The first-order chi connectivity index (χ1) is 13.2. The van der Waals surface area contributed by atoms with Crippen molar-refractivity contribution in [1.82, 2.24) is 10.2 Å². The highest BCUT2D eigenvalue weighted by atomic mass is 16.2. The van der Waals surface area contributed by atoms with E-state index in [0.29, 0.717) is 17.5 Å². The van der Waals surface area contributed by atoms with Crippen LogP contribution in [0.5, 0.6) is 0 Å². The molecular weight excluding hydrogens is 348 g/mol. The van der Waals surface area contributed by atoms with Crippen molar-refractivity contribution < 1.29 is 9.59 Å². The molecule has 0 radical (unpaired) electrons. The van der Waals surface area contributed by atoms with Gasteiger partial charge in [-0.15, -0.1) is 0 Å². The number of nitrogens with zero attached hydrogens (tertiary/aromatic N) is 1. The first-order valence-corrected chi connectivity index (χ1v) is 11.4. The first kappa shape index (κ1) is 20.0. The van der Waals surface area contributed by atoms with Gasteiger partial charge in [0.1, 0.15) is 0 Å². The zero-order valence-electron chi connectivity index (χ0n) is 18.4. The molecule has 4 aliphatic rings. The number of rotatable bonds is 2. The highest BCUT2D eigenvalue weighted by Gasteiger charge is 2.58. The monoisotopic (exact) mass is 386 g/mol. The van der Waals surface area contributed by atoms with E-state index in [4.69, 9.17) is 0 Å². The summed E-state index contributed by atoms with van der Waals surface area (Å²) in [7, 11) is 1.97. The number of fused-ring (bicyclic) bond motifs is 5. The molecule has 3 saturated carbocycles. The standard InChI is InChI=1S/C24H38N2O2/c1-15(27)25-22-9-8-20-19-7-6-17-14-18(26(5)16(2)28)10-12-23(17,3)21(19)11-13-24(20,22)4/h6,18-22H,7-14H2,1-5H3,(H,25,27)/t18?,19?,20?,21?,22?,23-,24-/m0/s1. The van der Waals surface area contributed by atoms with Gasteiger partial charge in [0.15, 0.2) is 0 Å². The van der Waals surface area contributed by atoms with Gasteiger partial charge in [-0.05, 0) is 80.0 Å². The van der Waals surface area contributed by atoms with Gasteiger partial charge in [-0.3, -0.25) is 9.59 Å². The van der Waals surface area contributed by atoms with Crippen LogP contribution in [0.4, 0.5) is 0 Å². The fraction of sp³-hybridized carbons (Fsp3) is 0.833. The predicted octanol–water partition coefficient (Wildman–Crippen LogP) is 4.30. The molecule has 156 valence electrons. The maximum Gasteiger partial charge on any atom is 0.219 e. The Balaban J connectivity index is 1.56. The van der Waals surface area contributed by atoms with Gasteiger partial charge >= 0.3 is 0 Å². The van der Waals surface area contributed by atoms with Crippen LogP contribution in [0, 0.1) is 28.6 Å². The SMILES string of the molecule is CC(=O)NC1CCC2C3CC=C4CC(N(C)C(C)=O)CC[C@]4(C)C3CC[C@]12C. The molecular formula is C24H38N2O2. The molecule has 7 atom stereocenters. The first-order valence-electron chi connectivity index (χ1n) is 11.4. The largest absolute Gasteiger partial charge is 0.353 e. The fourth-order valence-electron chi connectivity index (χ4n) is 7.71. The van der Waals surface area contributed by atoms with Crippen molar-refractivity contribution in [2.45, 2.75) is 91.1 Å². The lowest BCUT2D eigenvalue weighted by Gasteiger charge is -2.58. The molecule has 5 unspecified atom stereocenters. The van der Waals surface area contributed by atoms with E-state index >= 15 is 0 Å². The number of hydrogen-bond donors (Lipinski definition) is 1. The molecule has 0 spiro atoms. The van der Waals surface area contributed by atoms with Crippen molar-refractivity contribution in [1.29, 1.82) is 0 Å². The smallest absolute Gasteiger partial charge is 0.219 e. The average molecular weight is 387 g/mol. The van der Waals surface area contributed by atoms with Crippen molar-refractivity contribution in [3.05, 3.63) is 11.6 Å². The minimum Gasteiger partial charge on any atom is -0.353 e. The van der Waals surface area contributed by atoms with E-state index in [9.17, 15) is 9.59 Å². The van der Waals surface area contributed by atoms with Crippen LogP contribution in [0.2, 0.25) is 0 Å². The topological polar surface area (TPSA) is 49.4 Å². The molecule has 0 aromatic rings. The quantitative estimate of drug-likeness (QED) is 0.719. The molecule has 1 N–H and O–H groups in total. The molecule has 0 aromatic heterocycles. The summed E-state index contributed by atoms with van der Waals surface area (Å²) < 4.78 is 0. The second-order valence-electron chi connectivity index (χ2n) is 10.7. The van der Waals surface area contributed by atoms with E-state index in [1.807, 2.05) is 11.9 Å². The summed E-state index contributed by atoms with van der Waals surface area (Å²) in [4.78, 5) is 25.5. The normalized spacial score (nSPS) is 44.6. The Morgan fingerprint density at radius 2 is 1.82 bits per heavy atom. The Morgan fingerprint density at radius 3 is 2.50 bits per heavy atom. The minimum absolute atomic E-state index is 0.125. The van der Waals surface area contributed by atoms with Crippen LogP contribution >= 0.6 is 0 Å². The summed E-state index contributed by atoms with van der Waals surface area (Å²) in [6, 6.07) is 0.729. The second-order valence-corrected chi connectivity index (χ2v) is 10.7. The molecule has 0 saturated heterocycles. The third-order valence-corrected chi connectivity index (χ3v) is 9.50. The van der Waals surface area contributed by atoms with Crippen LogP contribution in [0.25, 0.3) is 0 Å². The number of allylic oxidation sites excluding steroid dienone is 1. The van der Waals surface area contributed by atoms with E-state index in [1.54, 1.807) is 19.4 Å². The number of carbonyl (C=O) groups excluding carboxylic acids is 2. The Labute approximate surface area is 170 Å². The molecule has 4 nitrogen and oxygen atoms in total. The predicted molar refractivity (Wildman–Crippen MR) is 112 cm³/mol. The van der Waals surface area contributed by atoms with E-state index in [1.165, 1.54) is 32.1 Å². The highest BCUT2D eigenvalue weighted by molar-refractivity contribution is 5.73. The molecule has 3 fully saturated rings. The maximum atomic E-state index is 11.9. The van der Waals surface area contributed by atoms with Crippen LogP contribution in [-0.2, 0) is 9.59 Å². The zero-order valence-corrected chi connectivity index (χ0v) is 18.4. The lowest BCUT2D eigenvalue weighted by Crippen LogP contribution is -2.54. The van der Waals surface area contributed by atoms with Crippen molar-refractivity contribution >= 4 is 11.8 Å². The molecule has 28 heavy (non-hydrogen) atoms. The number of amides is 2. The molecule has 0 aromatic carbocycles. The molecule has 4 heteroatoms. The van der Waals surface area contributed by atoms with Gasteiger partial charge in [0, 0.05) is 33.0 Å². The lowest BCUT2D eigenvalue weighted by atomic mass is 9.47. The Kier molecular flexibility index (Phi) is 4.91. The Morgan fingerprint density at radius 1 is 1.07 bits per heavy atom. The number of carbonyl (C=O) groups is 2. The van der Waals surface area contributed by atoms with Gasteiger partial charge < -0.3 is 10.2 Å². The van der Waals surface area contributed by atoms with Gasteiger partial charge in [0.05, 0.1) is 0 Å². The Bertz CT molecular complexity index is 701. The maximum absolute atomic E-state index is 11.9. The van der Waals surface area contributed by atoms with Crippen molar-refractivity contribution in [2.75, 3.05) is 7.05 Å².